The minimum atomic E-state index is -0.476. The quantitative estimate of drug-likeness (QED) is 0.705. The molecule has 2 aromatic heterocycles. The highest BCUT2D eigenvalue weighted by Gasteiger charge is 2.32. The van der Waals surface area contributed by atoms with Gasteiger partial charge in [0.25, 0.3) is 5.91 Å². The van der Waals surface area contributed by atoms with E-state index in [1.54, 1.807) is 20.8 Å². The lowest BCUT2D eigenvalue weighted by Crippen LogP contribution is -2.17. The number of carbonyl (C=O) groups is 3. The van der Waals surface area contributed by atoms with E-state index in [-0.39, 0.29) is 18.9 Å². The zero-order valence-corrected chi connectivity index (χ0v) is 16.9. The molecule has 1 aliphatic carbocycles. The van der Waals surface area contributed by atoms with E-state index in [9.17, 15) is 14.4 Å². The van der Waals surface area contributed by atoms with Crippen molar-refractivity contribution in [1.29, 1.82) is 0 Å². The van der Waals surface area contributed by atoms with E-state index in [0.29, 0.717) is 27.7 Å². The van der Waals surface area contributed by atoms with Crippen LogP contribution in [0.2, 0.25) is 0 Å². The molecule has 0 unspecified atom stereocenters. The average Bonchev–Trinajstić information content (AvgIpc) is 3.42. The summed E-state index contributed by atoms with van der Waals surface area (Å²) in [7, 11) is 0. The average molecular weight is 402 g/mol. The molecule has 2 heterocycles. The minimum absolute atomic E-state index is 0.154. The van der Waals surface area contributed by atoms with E-state index in [1.807, 2.05) is 5.38 Å². The number of anilines is 1. The number of aryl methyl sites for hydroxylation is 1. The van der Waals surface area contributed by atoms with Crippen molar-refractivity contribution >= 4 is 34.2 Å². The number of ether oxygens (including phenoxy) is 2. The predicted molar refractivity (Wildman–Crippen MR) is 105 cm³/mol. The largest absolute Gasteiger partial charge is 0.462 e. The zero-order chi connectivity index (χ0) is 20.3. The SMILES string of the molecule is CCOC(=O)c1ccc(C(=O)Nc2scc(C3CC3)c2C(=O)OCC)nc1C. The van der Waals surface area contributed by atoms with Gasteiger partial charge in [-0.2, -0.15) is 0 Å². The fourth-order valence-electron chi connectivity index (χ4n) is 2.85. The van der Waals surface area contributed by atoms with Crippen LogP contribution in [-0.2, 0) is 9.47 Å². The van der Waals surface area contributed by atoms with Crippen LogP contribution in [0.1, 0.15) is 75.1 Å². The van der Waals surface area contributed by atoms with E-state index in [4.69, 9.17) is 9.47 Å². The second-order valence-corrected chi connectivity index (χ2v) is 7.27. The Kier molecular flexibility index (Phi) is 6.08. The van der Waals surface area contributed by atoms with E-state index < -0.39 is 17.8 Å². The summed E-state index contributed by atoms with van der Waals surface area (Å²) in [5.41, 5.74) is 2.24. The highest BCUT2D eigenvalue weighted by atomic mass is 32.1. The van der Waals surface area contributed by atoms with E-state index in [0.717, 1.165) is 18.4 Å². The second kappa shape index (κ2) is 8.52. The Balaban J connectivity index is 1.82. The van der Waals surface area contributed by atoms with Crippen molar-refractivity contribution in [3.05, 3.63) is 45.6 Å². The zero-order valence-electron chi connectivity index (χ0n) is 16.0. The maximum Gasteiger partial charge on any atom is 0.341 e. The molecule has 2 aromatic rings. The van der Waals surface area contributed by atoms with Crippen molar-refractivity contribution in [2.75, 3.05) is 18.5 Å². The summed E-state index contributed by atoms with van der Waals surface area (Å²) in [5, 5.41) is 5.13. The summed E-state index contributed by atoms with van der Waals surface area (Å²) in [6.07, 6.45) is 2.07. The normalized spacial score (nSPS) is 13.1. The smallest absolute Gasteiger partial charge is 0.341 e. The van der Waals surface area contributed by atoms with E-state index in [1.165, 1.54) is 23.5 Å². The molecule has 8 heteroatoms. The third kappa shape index (κ3) is 4.22. The van der Waals surface area contributed by atoms with Crippen LogP contribution >= 0.6 is 11.3 Å². The first-order valence-electron chi connectivity index (χ1n) is 9.20. The number of pyridine rings is 1. The van der Waals surface area contributed by atoms with Gasteiger partial charge in [0.15, 0.2) is 0 Å². The maximum absolute atomic E-state index is 12.7. The minimum Gasteiger partial charge on any atom is -0.462 e. The van der Waals surface area contributed by atoms with Gasteiger partial charge in [0.2, 0.25) is 0 Å². The Morgan fingerprint density at radius 3 is 2.43 bits per heavy atom. The summed E-state index contributed by atoms with van der Waals surface area (Å²) >= 11 is 1.31. The van der Waals surface area contributed by atoms with Gasteiger partial charge in [0.1, 0.15) is 10.7 Å². The molecular formula is C20H22N2O5S. The number of hydrogen-bond acceptors (Lipinski definition) is 7. The van der Waals surface area contributed by atoms with E-state index in [2.05, 4.69) is 10.3 Å². The van der Waals surface area contributed by atoms with Crippen molar-refractivity contribution in [2.45, 2.75) is 39.5 Å². The van der Waals surface area contributed by atoms with Crippen molar-refractivity contribution in [2.24, 2.45) is 0 Å². The molecule has 1 N–H and O–H groups in total. The molecule has 0 atom stereocenters. The van der Waals surface area contributed by atoms with Gasteiger partial charge < -0.3 is 14.8 Å². The monoisotopic (exact) mass is 402 g/mol. The highest BCUT2D eigenvalue weighted by Crippen LogP contribution is 2.46. The van der Waals surface area contributed by atoms with Gasteiger partial charge in [0.05, 0.1) is 30.0 Å². The van der Waals surface area contributed by atoms with Crippen LogP contribution in [0.15, 0.2) is 17.5 Å². The Morgan fingerprint density at radius 2 is 1.82 bits per heavy atom. The van der Waals surface area contributed by atoms with Crippen molar-refractivity contribution in [3.8, 4) is 0 Å². The number of esters is 2. The van der Waals surface area contributed by atoms with Gasteiger partial charge in [-0.25, -0.2) is 14.6 Å². The maximum atomic E-state index is 12.7. The molecule has 1 fully saturated rings. The molecule has 0 aliphatic heterocycles. The molecule has 0 radical (unpaired) electrons. The lowest BCUT2D eigenvalue weighted by Gasteiger charge is -2.09. The fourth-order valence-corrected chi connectivity index (χ4v) is 3.88. The van der Waals surface area contributed by atoms with Gasteiger partial charge in [-0.1, -0.05) is 0 Å². The molecule has 1 amide bonds. The van der Waals surface area contributed by atoms with Crippen LogP contribution in [0, 0.1) is 6.92 Å². The van der Waals surface area contributed by atoms with Crippen LogP contribution in [0.4, 0.5) is 5.00 Å². The lowest BCUT2D eigenvalue weighted by molar-refractivity contribution is 0.0516. The number of rotatable bonds is 7. The van der Waals surface area contributed by atoms with Gasteiger partial charge in [0, 0.05) is 0 Å². The first-order chi connectivity index (χ1) is 13.5. The number of carbonyl (C=O) groups excluding carboxylic acids is 3. The van der Waals surface area contributed by atoms with Crippen molar-refractivity contribution in [1.82, 2.24) is 4.98 Å². The van der Waals surface area contributed by atoms with Crippen molar-refractivity contribution < 1.29 is 23.9 Å². The molecular weight excluding hydrogens is 380 g/mol. The number of aromatic nitrogens is 1. The summed E-state index contributed by atoms with van der Waals surface area (Å²) in [4.78, 5) is 41.2. The molecule has 0 aromatic carbocycles. The summed E-state index contributed by atoms with van der Waals surface area (Å²) in [6.45, 7) is 5.64. The van der Waals surface area contributed by atoms with Crippen LogP contribution < -0.4 is 5.32 Å². The molecule has 3 rings (SSSR count). The van der Waals surface area contributed by atoms with Crippen LogP contribution in [0.25, 0.3) is 0 Å². The van der Waals surface area contributed by atoms with Gasteiger partial charge >= 0.3 is 11.9 Å². The third-order valence-corrected chi connectivity index (χ3v) is 5.27. The standard InChI is InChI=1S/C20H22N2O5S/c1-4-26-19(24)13-8-9-15(21-11(13)3)17(23)22-18-16(20(25)27-5-2)14(10-28-18)12-6-7-12/h8-10,12H,4-7H2,1-3H3,(H,22,23). The predicted octanol–water partition coefficient (Wildman–Crippen LogP) is 3.93. The second-order valence-electron chi connectivity index (χ2n) is 6.39. The summed E-state index contributed by atoms with van der Waals surface area (Å²) in [6, 6.07) is 2.99. The Labute approximate surface area is 167 Å². The molecule has 0 spiro atoms. The van der Waals surface area contributed by atoms with Crippen LogP contribution in [0.5, 0.6) is 0 Å². The number of amides is 1. The number of hydrogen-bond donors (Lipinski definition) is 1. The van der Waals surface area contributed by atoms with Crippen LogP contribution in [0.3, 0.4) is 0 Å². The Morgan fingerprint density at radius 1 is 1.14 bits per heavy atom. The van der Waals surface area contributed by atoms with Gasteiger partial charge in [-0.05, 0) is 62.6 Å². The molecule has 0 bridgehead atoms. The number of nitrogens with zero attached hydrogens (tertiary/aromatic N) is 1. The lowest BCUT2D eigenvalue weighted by atomic mass is 10.1. The van der Waals surface area contributed by atoms with Crippen LogP contribution in [-0.4, -0.2) is 36.0 Å². The topological polar surface area (TPSA) is 94.6 Å². The molecule has 28 heavy (non-hydrogen) atoms. The highest BCUT2D eigenvalue weighted by molar-refractivity contribution is 7.15. The summed E-state index contributed by atoms with van der Waals surface area (Å²) < 4.78 is 10.1. The Bertz CT molecular complexity index is 917. The molecule has 0 saturated heterocycles. The Hall–Kier alpha value is -2.74. The van der Waals surface area contributed by atoms with Crippen molar-refractivity contribution in [3.63, 3.8) is 0 Å². The summed E-state index contributed by atoms with van der Waals surface area (Å²) in [5.74, 6) is -1.00. The van der Waals surface area contributed by atoms with Gasteiger partial charge in [-0.3, -0.25) is 4.79 Å². The molecule has 148 valence electrons. The molecule has 1 saturated carbocycles. The molecule has 1 aliphatic rings. The molecule has 7 nitrogen and oxygen atoms in total. The fraction of sp³-hybridized carbons (Fsp3) is 0.400. The first kappa shape index (κ1) is 20.0. The third-order valence-electron chi connectivity index (χ3n) is 4.36. The number of thiophene rings is 1. The first-order valence-corrected chi connectivity index (χ1v) is 10.1. The van der Waals surface area contributed by atoms with Gasteiger partial charge in [-0.15, -0.1) is 11.3 Å². The van der Waals surface area contributed by atoms with E-state index >= 15 is 0 Å². The number of nitrogens with one attached hydrogen (secondary N) is 1.